The molecular formula is C19H27NO3S. The third-order valence-electron chi connectivity index (χ3n) is 5.12. The van der Waals surface area contributed by atoms with E-state index in [1.165, 1.54) is 4.88 Å². The van der Waals surface area contributed by atoms with Crippen LogP contribution in [0.4, 0.5) is 5.00 Å². The number of hydrogen-bond acceptors (Lipinski definition) is 4. The molecule has 0 aliphatic heterocycles. The molecule has 1 aromatic heterocycles. The van der Waals surface area contributed by atoms with Crippen molar-refractivity contribution in [3.05, 3.63) is 16.0 Å². The lowest BCUT2D eigenvalue weighted by Crippen LogP contribution is -2.21. The van der Waals surface area contributed by atoms with Crippen molar-refractivity contribution in [2.24, 2.45) is 11.8 Å². The lowest BCUT2D eigenvalue weighted by molar-refractivity contribution is -0.119. The summed E-state index contributed by atoms with van der Waals surface area (Å²) in [6.07, 6.45) is 7.97. The second-order valence-corrected chi connectivity index (χ2v) is 8.27. The Morgan fingerprint density at radius 3 is 2.71 bits per heavy atom. The Balaban J connectivity index is 1.85. The van der Waals surface area contributed by atoms with E-state index < -0.39 is 0 Å². The van der Waals surface area contributed by atoms with E-state index in [9.17, 15) is 9.59 Å². The molecule has 1 saturated carbocycles. The maximum atomic E-state index is 12.6. The van der Waals surface area contributed by atoms with Crippen molar-refractivity contribution >= 4 is 28.2 Å². The molecule has 1 fully saturated rings. The molecule has 1 aromatic rings. The Morgan fingerprint density at radius 2 is 2.00 bits per heavy atom. The van der Waals surface area contributed by atoms with Gasteiger partial charge in [0, 0.05) is 10.8 Å². The number of rotatable bonds is 5. The molecule has 2 aliphatic rings. The van der Waals surface area contributed by atoms with Crippen LogP contribution in [0.15, 0.2) is 0 Å². The Labute approximate surface area is 148 Å². The fourth-order valence-corrected chi connectivity index (χ4v) is 5.13. The number of amides is 1. The molecule has 0 bridgehead atoms. The van der Waals surface area contributed by atoms with Crippen molar-refractivity contribution in [3.8, 4) is 0 Å². The molecule has 3 rings (SSSR count). The molecule has 0 saturated heterocycles. The smallest absolute Gasteiger partial charge is 0.341 e. The first-order valence-electron chi connectivity index (χ1n) is 9.22. The van der Waals surface area contributed by atoms with Gasteiger partial charge in [-0.1, -0.05) is 26.7 Å². The summed E-state index contributed by atoms with van der Waals surface area (Å²) in [4.78, 5) is 26.3. The highest BCUT2D eigenvalue weighted by molar-refractivity contribution is 7.17. The molecule has 5 heteroatoms. The Hall–Kier alpha value is -1.36. The molecule has 1 heterocycles. The van der Waals surface area contributed by atoms with Gasteiger partial charge in [0.1, 0.15) is 5.00 Å². The Bertz CT molecular complexity index is 616. The molecule has 1 amide bonds. The van der Waals surface area contributed by atoms with Gasteiger partial charge < -0.3 is 10.1 Å². The van der Waals surface area contributed by atoms with Crippen LogP contribution in [0.1, 0.15) is 73.2 Å². The standard InChI is InChI=1S/C19H27NO3S/c1-3-10-23-19(22)16-14-9-8-12(2)11-15(14)24-18(16)20-17(21)13-6-4-5-7-13/h12-13H,3-11H2,1-2H3,(H,20,21). The average Bonchev–Trinajstić information content (AvgIpc) is 3.19. The lowest BCUT2D eigenvalue weighted by atomic mass is 9.88. The number of hydrogen-bond donors (Lipinski definition) is 1. The van der Waals surface area contributed by atoms with Crippen LogP contribution in [0, 0.1) is 11.8 Å². The number of nitrogens with one attached hydrogen (secondary N) is 1. The highest BCUT2D eigenvalue weighted by Crippen LogP contribution is 2.40. The van der Waals surface area contributed by atoms with Gasteiger partial charge in [-0.25, -0.2) is 4.79 Å². The molecule has 0 aromatic carbocycles. The minimum atomic E-state index is -0.273. The molecule has 0 radical (unpaired) electrons. The van der Waals surface area contributed by atoms with Gasteiger partial charge in [0.15, 0.2) is 0 Å². The minimum absolute atomic E-state index is 0.0729. The summed E-state index contributed by atoms with van der Waals surface area (Å²) in [6, 6.07) is 0. The van der Waals surface area contributed by atoms with Gasteiger partial charge in [-0.15, -0.1) is 11.3 Å². The first-order chi connectivity index (χ1) is 11.6. The van der Waals surface area contributed by atoms with Crippen molar-refractivity contribution < 1.29 is 14.3 Å². The van der Waals surface area contributed by atoms with E-state index in [1.54, 1.807) is 11.3 Å². The molecule has 2 aliphatic carbocycles. The summed E-state index contributed by atoms with van der Waals surface area (Å²) in [5.74, 6) is 0.533. The predicted octanol–water partition coefficient (Wildman–Crippen LogP) is 4.57. The van der Waals surface area contributed by atoms with Gasteiger partial charge in [0.05, 0.1) is 12.2 Å². The molecule has 132 valence electrons. The van der Waals surface area contributed by atoms with Gasteiger partial charge in [0.25, 0.3) is 0 Å². The molecular weight excluding hydrogens is 322 g/mol. The first kappa shape index (κ1) is 17.5. The lowest BCUT2D eigenvalue weighted by Gasteiger charge is -2.18. The fraction of sp³-hybridized carbons (Fsp3) is 0.684. The molecule has 4 nitrogen and oxygen atoms in total. The van der Waals surface area contributed by atoms with Crippen molar-refractivity contribution in [2.45, 2.75) is 65.2 Å². The van der Waals surface area contributed by atoms with Crippen LogP contribution in [0.25, 0.3) is 0 Å². The van der Waals surface area contributed by atoms with Crippen molar-refractivity contribution in [3.63, 3.8) is 0 Å². The van der Waals surface area contributed by atoms with Gasteiger partial charge in [0.2, 0.25) is 5.91 Å². The maximum Gasteiger partial charge on any atom is 0.341 e. The minimum Gasteiger partial charge on any atom is -0.462 e. The SMILES string of the molecule is CCCOC(=O)c1c(NC(=O)C2CCCC2)sc2c1CCC(C)C2. The number of thiophene rings is 1. The first-order valence-corrected chi connectivity index (χ1v) is 10.0. The van der Waals surface area contributed by atoms with E-state index in [0.717, 1.165) is 56.9 Å². The van der Waals surface area contributed by atoms with Crippen molar-refractivity contribution in [1.29, 1.82) is 0 Å². The summed E-state index contributed by atoms with van der Waals surface area (Å²) >= 11 is 1.58. The molecule has 1 N–H and O–H groups in total. The normalized spacial score (nSPS) is 20.7. The van der Waals surface area contributed by atoms with Crippen LogP contribution in [-0.2, 0) is 22.4 Å². The van der Waals surface area contributed by atoms with Crippen LogP contribution in [0.2, 0.25) is 0 Å². The van der Waals surface area contributed by atoms with E-state index in [0.29, 0.717) is 23.1 Å². The second-order valence-electron chi connectivity index (χ2n) is 7.16. The van der Waals surface area contributed by atoms with E-state index in [4.69, 9.17) is 4.74 Å². The summed E-state index contributed by atoms with van der Waals surface area (Å²) < 4.78 is 5.39. The van der Waals surface area contributed by atoms with Gasteiger partial charge in [-0.2, -0.15) is 0 Å². The second kappa shape index (κ2) is 7.68. The zero-order chi connectivity index (χ0) is 17.1. The topological polar surface area (TPSA) is 55.4 Å². The molecule has 0 spiro atoms. The summed E-state index contributed by atoms with van der Waals surface area (Å²) in [5.41, 5.74) is 1.74. The van der Waals surface area contributed by atoms with Gasteiger partial charge >= 0.3 is 5.97 Å². The van der Waals surface area contributed by atoms with Crippen LogP contribution in [-0.4, -0.2) is 18.5 Å². The number of ether oxygens (including phenoxy) is 1. The monoisotopic (exact) mass is 349 g/mol. The number of fused-ring (bicyclic) bond motifs is 1. The maximum absolute atomic E-state index is 12.6. The predicted molar refractivity (Wildman–Crippen MR) is 96.7 cm³/mol. The number of carbonyl (C=O) groups excluding carboxylic acids is 2. The largest absolute Gasteiger partial charge is 0.462 e. The van der Waals surface area contributed by atoms with E-state index in [1.807, 2.05) is 6.92 Å². The summed E-state index contributed by atoms with van der Waals surface area (Å²) in [5, 5.41) is 3.78. The highest BCUT2D eigenvalue weighted by Gasteiger charge is 2.31. The van der Waals surface area contributed by atoms with E-state index in [2.05, 4.69) is 12.2 Å². The van der Waals surface area contributed by atoms with Crippen LogP contribution < -0.4 is 5.32 Å². The quantitative estimate of drug-likeness (QED) is 0.792. The average molecular weight is 349 g/mol. The van der Waals surface area contributed by atoms with Crippen LogP contribution in [0.3, 0.4) is 0 Å². The summed E-state index contributed by atoms with van der Waals surface area (Å²) in [7, 11) is 0. The Morgan fingerprint density at radius 1 is 1.25 bits per heavy atom. The Kier molecular flexibility index (Phi) is 5.59. The number of esters is 1. The number of anilines is 1. The molecule has 24 heavy (non-hydrogen) atoms. The van der Waals surface area contributed by atoms with Crippen molar-refractivity contribution in [1.82, 2.24) is 0 Å². The van der Waals surface area contributed by atoms with E-state index >= 15 is 0 Å². The molecule has 1 atom stereocenters. The summed E-state index contributed by atoms with van der Waals surface area (Å²) in [6.45, 7) is 4.66. The van der Waals surface area contributed by atoms with Gasteiger partial charge in [-0.3, -0.25) is 4.79 Å². The fourth-order valence-electron chi connectivity index (χ4n) is 3.72. The van der Waals surface area contributed by atoms with Crippen molar-refractivity contribution in [2.75, 3.05) is 11.9 Å². The van der Waals surface area contributed by atoms with Crippen LogP contribution in [0.5, 0.6) is 0 Å². The third kappa shape index (κ3) is 3.66. The molecule has 1 unspecified atom stereocenters. The zero-order valence-electron chi connectivity index (χ0n) is 14.7. The van der Waals surface area contributed by atoms with E-state index in [-0.39, 0.29) is 17.8 Å². The number of carbonyl (C=O) groups is 2. The zero-order valence-corrected chi connectivity index (χ0v) is 15.5. The highest BCUT2D eigenvalue weighted by atomic mass is 32.1. The van der Waals surface area contributed by atoms with Crippen LogP contribution >= 0.6 is 11.3 Å². The third-order valence-corrected chi connectivity index (χ3v) is 6.29. The van der Waals surface area contributed by atoms with Gasteiger partial charge in [-0.05, 0) is 50.0 Å².